The molecule has 0 aliphatic rings. The number of hydrogen-bond donors (Lipinski definition) is 1. The van der Waals surface area contributed by atoms with Gasteiger partial charge in [0.05, 0.1) is 17.1 Å². The molecule has 5 nitrogen and oxygen atoms in total. The second-order valence-corrected chi connectivity index (χ2v) is 7.77. The van der Waals surface area contributed by atoms with Crippen molar-refractivity contribution < 1.29 is 4.79 Å². The van der Waals surface area contributed by atoms with Gasteiger partial charge in [-0.3, -0.25) is 4.79 Å². The molecule has 0 bridgehead atoms. The Kier molecular flexibility index (Phi) is 5.43. The van der Waals surface area contributed by atoms with Crippen molar-refractivity contribution in [2.45, 2.75) is 6.54 Å². The zero-order valence-electron chi connectivity index (χ0n) is 14.5. The molecule has 0 amide bonds. The maximum Gasteiger partial charge on any atom is 0.282 e. The highest BCUT2D eigenvalue weighted by Crippen LogP contribution is 2.24. The van der Waals surface area contributed by atoms with E-state index in [9.17, 15) is 4.79 Å². The molecule has 8 heteroatoms. The number of carbonyl (C=O) groups excluding carboxylic acids is 1. The van der Waals surface area contributed by atoms with Crippen molar-refractivity contribution in [3.8, 4) is 11.4 Å². The van der Waals surface area contributed by atoms with Crippen molar-refractivity contribution >= 4 is 46.4 Å². The van der Waals surface area contributed by atoms with Crippen LogP contribution in [0.25, 0.3) is 11.4 Å². The minimum absolute atomic E-state index is 0.262. The number of rotatable bonds is 5. The molecule has 4 rings (SSSR count). The Morgan fingerprint density at radius 1 is 1.07 bits per heavy atom. The fraction of sp³-hybridized carbons (Fsp3) is 0.0500. The van der Waals surface area contributed by atoms with Crippen molar-refractivity contribution in [1.82, 2.24) is 14.8 Å². The van der Waals surface area contributed by atoms with E-state index >= 15 is 0 Å². The summed E-state index contributed by atoms with van der Waals surface area (Å²) in [5.41, 5.74) is 1.12. The van der Waals surface area contributed by atoms with Crippen LogP contribution < -0.4 is 5.32 Å². The number of hydrogen-bond acceptors (Lipinski definition) is 5. The normalized spacial score (nSPS) is 10.8. The van der Waals surface area contributed by atoms with E-state index in [4.69, 9.17) is 23.2 Å². The maximum atomic E-state index is 13.1. The summed E-state index contributed by atoms with van der Waals surface area (Å²) < 4.78 is 1.24. The molecule has 0 spiro atoms. The van der Waals surface area contributed by atoms with Crippen LogP contribution in [0, 0.1) is 0 Å². The van der Waals surface area contributed by atoms with Crippen LogP contribution in [0.2, 0.25) is 10.0 Å². The fourth-order valence-electron chi connectivity index (χ4n) is 2.63. The monoisotopic (exact) mass is 428 g/mol. The standard InChI is InChI=1S/C20H14Cl2N4OS/c21-14-8-9-16(17(22)11-14)19(27)26-20(23-12-15-7-4-10-28-15)24-18(25-26)13-5-2-1-3-6-13/h1-11H,12H2,(H,23,24,25). The molecule has 2 aromatic heterocycles. The summed E-state index contributed by atoms with van der Waals surface area (Å²) in [6, 6.07) is 18.2. The molecule has 0 aliphatic heterocycles. The van der Waals surface area contributed by atoms with E-state index in [-0.39, 0.29) is 10.9 Å². The molecule has 1 N–H and O–H groups in total. The van der Waals surface area contributed by atoms with E-state index in [1.54, 1.807) is 23.5 Å². The summed E-state index contributed by atoms with van der Waals surface area (Å²) in [4.78, 5) is 18.7. The molecule has 2 aromatic carbocycles. The lowest BCUT2D eigenvalue weighted by Gasteiger charge is -2.07. The third kappa shape index (κ3) is 3.94. The first-order valence-corrected chi connectivity index (χ1v) is 10.0. The quantitative estimate of drug-likeness (QED) is 0.448. The van der Waals surface area contributed by atoms with Crippen molar-refractivity contribution in [2.24, 2.45) is 0 Å². The van der Waals surface area contributed by atoms with Gasteiger partial charge in [-0.25, -0.2) is 0 Å². The molecule has 0 aliphatic carbocycles. The first kappa shape index (κ1) is 18.7. The van der Waals surface area contributed by atoms with Crippen molar-refractivity contribution in [2.75, 3.05) is 5.32 Å². The van der Waals surface area contributed by atoms with Crippen LogP contribution in [0.1, 0.15) is 15.2 Å². The van der Waals surface area contributed by atoms with Crippen LogP contribution >= 0.6 is 34.5 Å². The van der Waals surface area contributed by atoms with Crippen LogP contribution in [0.15, 0.2) is 66.0 Å². The SMILES string of the molecule is O=C(c1ccc(Cl)cc1Cl)n1nc(-c2ccccc2)nc1NCc1cccs1. The van der Waals surface area contributed by atoms with Gasteiger partial charge in [-0.1, -0.05) is 59.6 Å². The summed E-state index contributed by atoms with van der Waals surface area (Å²) in [5.74, 6) is 0.418. The van der Waals surface area contributed by atoms with Crippen molar-refractivity contribution in [3.05, 3.63) is 86.5 Å². The lowest BCUT2D eigenvalue weighted by molar-refractivity contribution is 0.0947. The van der Waals surface area contributed by atoms with Gasteiger partial charge in [0.15, 0.2) is 5.82 Å². The Hall–Kier alpha value is -2.67. The maximum absolute atomic E-state index is 13.1. The molecule has 28 heavy (non-hydrogen) atoms. The van der Waals surface area contributed by atoms with E-state index in [0.717, 1.165) is 10.4 Å². The number of aromatic nitrogens is 3. The van der Waals surface area contributed by atoms with Gasteiger partial charge in [0, 0.05) is 15.5 Å². The van der Waals surface area contributed by atoms with Gasteiger partial charge in [0.2, 0.25) is 5.95 Å². The van der Waals surface area contributed by atoms with Gasteiger partial charge in [-0.05, 0) is 29.6 Å². The van der Waals surface area contributed by atoms with E-state index in [1.165, 1.54) is 10.7 Å². The minimum Gasteiger partial charge on any atom is -0.349 e. The Morgan fingerprint density at radius 3 is 2.61 bits per heavy atom. The summed E-state index contributed by atoms with van der Waals surface area (Å²) in [7, 11) is 0. The van der Waals surface area contributed by atoms with Gasteiger partial charge >= 0.3 is 0 Å². The van der Waals surface area contributed by atoms with Gasteiger partial charge in [0.1, 0.15) is 0 Å². The Balaban J connectivity index is 1.72. The number of halogens is 2. The van der Waals surface area contributed by atoms with Gasteiger partial charge in [-0.15, -0.1) is 16.4 Å². The fourth-order valence-corrected chi connectivity index (χ4v) is 3.77. The highest BCUT2D eigenvalue weighted by atomic mass is 35.5. The van der Waals surface area contributed by atoms with Crippen LogP contribution in [0.4, 0.5) is 5.95 Å². The number of anilines is 1. The van der Waals surface area contributed by atoms with Crippen molar-refractivity contribution in [1.29, 1.82) is 0 Å². The molecule has 2 heterocycles. The second kappa shape index (κ2) is 8.14. The smallest absolute Gasteiger partial charge is 0.282 e. The first-order chi connectivity index (χ1) is 13.6. The lowest BCUT2D eigenvalue weighted by atomic mass is 10.2. The molecule has 4 aromatic rings. The number of benzene rings is 2. The third-order valence-corrected chi connectivity index (χ3v) is 5.42. The highest BCUT2D eigenvalue weighted by molar-refractivity contribution is 7.09. The zero-order chi connectivity index (χ0) is 19.5. The first-order valence-electron chi connectivity index (χ1n) is 8.40. The summed E-state index contributed by atoms with van der Waals surface area (Å²) >= 11 is 13.8. The van der Waals surface area contributed by atoms with Crippen LogP contribution in [-0.2, 0) is 6.54 Å². The molecule has 0 saturated heterocycles. The number of carbonyl (C=O) groups is 1. The number of nitrogens with zero attached hydrogens (tertiary/aromatic N) is 3. The number of nitrogens with one attached hydrogen (secondary N) is 1. The van der Waals surface area contributed by atoms with Gasteiger partial charge in [-0.2, -0.15) is 9.67 Å². The van der Waals surface area contributed by atoms with E-state index in [0.29, 0.717) is 28.9 Å². The molecule has 0 fully saturated rings. The Morgan fingerprint density at radius 2 is 1.89 bits per heavy atom. The largest absolute Gasteiger partial charge is 0.349 e. The average Bonchev–Trinajstić information content (AvgIpc) is 3.36. The highest BCUT2D eigenvalue weighted by Gasteiger charge is 2.21. The van der Waals surface area contributed by atoms with Crippen LogP contribution in [0.3, 0.4) is 0 Å². The van der Waals surface area contributed by atoms with Crippen LogP contribution in [0.5, 0.6) is 0 Å². The second-order valence-electron chi connectivity index (χ2n) is 5.90. The summed E-state index contributed by atoms with van der Waals surface area (Å²) in [6.07, 6.45) is 0. The van der Waals surface area contributed by atoms with E-state index in [1.807, 2.05) is 47.8 Å². The molecule has 0 atom stereocenters. The average molecular weight is 429 g/mol. The predicted molar refractivity (Wildman–Crippen MR) is 113 cm³/mol. The summed E-state index contributed by atoms with van der Waals surface area (Å²) in [5, 5.41) is 10.3. The summed E-state index contributed by atoms with van der Waals surface area (Å²) in [6.45, 7) is 0.534. The van der Waals surface area contributed by atoms with Crippen LogP contribution in [-0.4, -0.2) is 20.7 Å². The molecule has 0 unspecified atom stereocenters. The van der Waals surface area contributed by atoms with E-state index in [2.05, 4.69) is 15.4 Å². The molecule has 0 saturated carbocycles. The Labute approximate surface area is 175 Å². The molecular formula is C20H14Cl2N4OS. The van der Waals surface area contributed by atoms with Crippen molar-refractivity contribution in [3.63, 3.8) is 0 Å². The van der Waals surface area contributed by atoms with Gasteiger partial charge in [0.25, 0.3) is 5.91 Å². The van der Waals surface area contributed by atoms with E-state index < -0.39 is 0 Å². The Bertz CT molecular complexity index is 1110. The zero-order valence-corrected chi connectivity index (χ0v) is 16.8. The minimum atomic E-state index is -0.384. The molecule has 0 radical (unpaired) electrons. The topological polar surface area (TPSA) is 59.8 Å². The third-order valence-electron chi connectivity index (χ3n) is 3.99. The lowest BCUT2D eigenvalue weighted by Crippen LogP contribution is -2.17. The number of thiophene rings is 1. The molecule has 140 valence electrons. The molecular weight excluding hydrogens is 415 g/mol. The van der Waals surface area contributed by atoms with Gasteiger partial charge < -0.3 is 5.32 Å². The predicted octanol–water partition coefficient (Wildman–Crippen LogP) is 5.61.